The summed E-state index contributed by atoms with van der Waals surface area (Å²) in [5.74, 6) is 0. The van der Waals surface area contributed by atoms with Gasteiger partial charge in [0, 0.05) is 5.69 Å². The summed E-state index contributed by atoms with van der Waals surface area (Å²) in [6.07, 6.45) is 5.43. The first-order valence-electron chi connectivity index (χ1n) is 4.88. The molecule has 0 radical (unpaired) electrons. The largest absolute Gasteiger partial charge is 0.399 e. The number of benzene rings is 1. The lowest BCUT2D eigenvalue weighted by atomic mass is 9.97. The summed E-state index contributed by atoms with van der Waals surface area (Å²) >= 11 is 12.1. The number of nitrogen functional groups attached to an aromatic ring is 1. The molecule has 0 heterocycles. The molecule has 0 amide bonds. The molecule has 1 aromatic carbocycles. The fourth-order valence-electron chi connectivity index (χ4n) is 1.52. The predicted molar refractivity (Wildman–Crippen MR) is 77.6 cm³/mol. The van der Waals surface area contributed by atoms with E-state index in [4.69, 9.17) is 34.7 Å². The first kappa shape index (κ1) is 14.4. The van der Waals surface area contributed by atoms with Crippen molar-refractivity contribution in [1.29, 1.82) is 0 Å². The molecule has 1 aromatic rings. The highest BCUT2D eigenvalue weighted by Gasteiger charge is 2.29. The first-order valence-corrected chi connectivity index (χ1v) is 5.69. The van der Waals surface area contributed by atoms with Crippen LogP contribution >= 0.6 is 35.6 Å². The van der Waals surface area contributed by atoms with Gasteiger partial charge >= 0.3 is 0 Å². The average Bonchev–Trinajstić information content (AvgIpc) is 2.24. The topological polar surface area (TPSA) is 52.0 Å². The van der Waals surface area contributed by atoms with E-state index >= 15 is 0 Å². The number of alkyl halides is 2. The van der Waals surface area contributed by atoms with Crippen LogP contribution in [0.15, 0.2) is 42.5 Å². The zero-order valence-electron chi connectivity index (χ0n) is 8.94. The van der Waals surface area contributed by atoms with E-state index in [9.17, 15) is 0 Å². The minimum atomic E-state index is -1.00. The van der Waals surface area contributed by atoms with E-state index in [2.05, 4.69) is 0 Å². The Labute approximate surface area is 117 Å². The van der Waals surface area contributed by atoms with Gasteiger partial charge in [-0.25, -0.2) is 0 Å². The smallest absolute Gasteiger partial charge is 0.130 e. The molecule has 0 spiro atoms. The molecule has 1 aliphatic carbocycles. The fraction of sp³-hybridized carbons (Fsp3) is 0.167. The highest BCUT2D eigenvalue weighted by molar-refractivity contribution is 6.34. The molecule has 1 aliphatic rings. The van der Waals surface area contributed by atoms with Gasteiger partial charge in [0.2, 0.25) is 0 Å². The Hall–Kier alpha value is -0.670. The third-order valence-corrected chi connectivity index (χ3v) is 3.47. The standard InChI is InChI=1S/C12H12Cl2N2.ClH/c13-11-7-9(5-6-12(11,14)16)8-1-3-10(15)4-2-8;/h1-7,11H,15-16H2;1H. The number of anilines is 1. The molecule has 5 heteroatoms. The van der Waals surface area contributed by atoms with Gasteiger partial charge in [0.1, 0.15) is 5.00 Å². The van der Waals surface area contributed by atoms with E-state index in [-0.39, 0.29) is 12.4 Å². The molecular weight excluding hydrogens is 279 g/mol. The number of rotatable bonds is 1. The highest BCUT2D eigenvalue weighted by Crippen LogP contribution is 2.31. The lowest BCUT2D eigenvalue weighted by Gasteiger charge is -2.25. The predicted octanol–water partition coefficient (Wildman–Crippen LogP) is 3.15. The van der Waals surface area contributed by atoms with Gasteiger partial charge < -0.3 is 11.5 Å². The first-order chi connectivity index (χ1) is 7.49. The van der Waals surface area contributed by atoms with Crippen LogP contribution in [0.1, 0.15) is 5.56 Å². The summed E-state index contributed by atoms with van der Waals surface area (Å²) in [6, 6.07) is 7.57. The molecule has 0 saturated heterocycles. The maximum absolute atomic E-state index is 6.07. The lowest BCUT2D eigenvalue weighted by molar-refractivity contribution is 0.752. The second-order valence-electron chi connectivity index (χ2n) is 3.81. The molecule has 2 atom stereocenters. The molecule has 17 heavy (non-hydrogen) atoms. The average molecular weight is 292 g/mol. The van der Waals surface area contributed by atoms with Crippen LogP contribution in [0.3, 0.4) is 0 Å². The zero-order valence-corrected chi connectivity index (χ0v) is 11.3. The molecule has 0 bridgehead atoms. The Balaban J connectivity index is 0.00000144. The van der Waals surface area contributed by atoms with Crippen molar-refractivity contribution in [3.63, 3.8) is 0 Å². The number of hydrogen-bond acceptors (Lipinski definition) is 2. The Morgan fingerprint density at radius 1 is 1.18 bits per heavy atom. The molecule has 0 fully saturated rings. The Morgan fingerprint density at radius 3 is 2.29 bits per heavy atom. The lowest BCUT2D eigenvalue weighted by Crippen LogP contribution is -2.40. The van der Waals surface area contributed by atoms with Crippen molar-refractivity contribution in [3.05, 3.63) is 48.1 Å². The number of allylic oxidation sites excluding steroid dienone is 2. The van der Waals surface area contributed by atoms with Crippen molar-refractivity contribution in [2.75, 3.05) is 5.73 Å². The molecule has 0 aromatic heterocycles. The van der Waals surface area contributed by atoms with Gasteiger partial charge in [0.05, 0.1) is 5.38 Å². The fourth-order valence-corrected chi connectivity index (χ4v) is 1.85. The van der Waals surface area contributed by atoms with Crippen molar-refractivity contribution < 1.29 is 0 Å². The van der Waals surface area contributed by atoms with E-state index < -0.39 is 10.4 Å². The zero-order chi connectivity index (χ0) is 11.8. The summed E-state index contributed by atoms with van der Waals surface area (Å²) in [6.45, 7) is 0. The Bertz CT molecular complexity index is 449. The summed E-state index contributed by atoms with van der Waals surface area (Å²) in [5.41, 5.74) is 14.2. The molecule has 4 N–H and O–H groups in total. The van der Waals surface area contributed by atoms with Crippen LogP contribution in [-0.2, 0) is 0 Å². The molecule has 2 rings (SSSR count). The van der Waals surface area contributed by atoms with Crippen LogP contribution in [0.2, 0.25) is 0 Å². The minimum absolute atomic E-state index is 0. The quantitative estimate of drug-likeness (QED) is 0.474. The number of hydrogen-bond donors (Lipinski definition) is 2. The minimum Gasteiger partial charge on any atom is -0.399 e. The molecule has 2 unspecified atom stereocenters. The van der Waals surface area contributed by atoms with Crippen LogP contribution in [0.25, 0.3) is 5.57 Å². The van der Waals surface area contributed by atoms with E-state index in [1.807, 2.05) is 36.4 Å². The monoisotopic (exact) mass is 290 g/mol. The van der Waals surface area contributed by atoms with Gasteiger partial charge in [-0.05, 0) is 29.3 Å². The summed E-state index contributed by atoms with van der Waals surface area (Å²) < 4.78 is 0. The molecule has 0 aliphatic heterocycles. The van der Waals surface area contributed by atoms with Gasteiger partial charge in [-0.1, -0.05) is 35.9 Å². The van der Waals surface area contributed by atoms with Crippen LogP contribution < -0.4 is 11.5 Å². The van der Waals surface area contributed by atoms with E-state index in [1.165, 1.54) is 0 Å². The van der Waals surface area contributed by atoms with Gasteiger partial charge in [-0.2, -0.15) is 0 Å². The second-order valence-corrected chi connectivity index (χ2v) is 4.93. The maximum atomic E-state index is 6.07. The normalized spacial score (nSPS) is 27.2. The SMILES string of the molecule is Cl.Nc1ccc(C2=CC(Cl)C(N)(Cl)C=C2)cc1. The summed E-state index contributed by atoms with van der Waals surface area (Å²) in [5, 5.41) is -0.424. The van der Waals surface area contributed by atoms with Crippen LogP contribution in [-0.4, -0.2) is 10.4 Å². The van der Waals surface area contributed by atoms with Crippen molar-refractivity contribution in [1.82, 2.24) is 0 Å². The van der Waals surface area contributed by atoms with Gasteiger partial charge in [-0.3, -0.25) is 0 Å². The van der Waals surface area contributed by atoms with Crippen molar-refractivity contribution in [3.8, 4) is 0 Å². The molecule has 0 saturated carbocycles. The van der Waals surface area contributed by atoms with E-state index in [1.54, 1.807) is 6.08 Å². The molecular formula is C12H13Cl3N2. The summed E-state index contributed by atoms with van der Waals surface area (Å²) in [4.78, 5) is -1.00. The van der Waals surface area contributed by atoms with Gasteiger partial charge in [0.15, 0.2) is 0 Å². The van der Waals surface area contributed by atoms with Crippen LogP contribution in [0.4, 0.5) is 5.69 Å². The third-order valence-electron chi connectivity index (χ3n) is 2.51. The van der Waals surface area contributed by atoms with Crippen LogP contribution in [0, 0.1) is 0 Å². The maximum Gasteiger partial charge on any atom is 0.130 e. The van der Waals surface area contributed by atoms with Gasteiger partial charge in [0.25, 0.3) is 0 Å². The van der Waals surface area contributed by atoms with E-state index in [0.29, 0.717) is 0 Å². The Kier molecular flexibility index (Phi) is 4.50. The number of nitrogens with two attached hydrogens (primary N) is 2. The third kappa shape index (κ3) is 3.17. The summed E-state index contributed by atoms with van der Waals surface area (Å²) in [7, 11) is 0. The van der Waals surface area contributed by atoms with Crippen LogP contribution in [0.5, 0.6) is 0 Å². The molecule has 2 nitrogen and oxygen atoms in total. The van der Waals surface area contributed by atoms with Crippen molar-refractivity contribution in [2.24, 2.45) is 5.73 Å². The highest BCUT2D eigenvalue weighted by atomic mass is 35.5. The van der Waals surface area contributed by atoms with E-state index in [0.717, 1.165) is 16.8 Å². The van der Waals surface area contributed by atoms with Gasteiger partial charge in [-0.15, -0.1) is 24.0 Å². The Morgan fingerprint density at radius 2 is 1.76 bits per heavy atom. The second kappa shape index (κ2) is 5.32. The molecule has 92 valence electrons. The van der Waals surface area contributed by atoms with Crippen molar-refractivity contribution in [2.45, 2.75) is 10.4 Å². The number of halogens is 3. The van der Waals surface area contributed by atoms with Crippen molar-refractivity contribution >= 4 is 46.9 Å².